The lowest BCUT2D eigenvalue weighted by Crippen LogP contribution is -2.50. The summed E-state index contributed by atoms with van der Waals surface area (Å²) in [6, 6.07) is 2.02. The first-order valence-electron chi connectivity index (χ1n) is 5.38. The number of aromatic nitrogens is 1. The molecule has 3 rings (SSSR count). The molecule has 1 unspecified atom stereocenters. The van der Waals surface area contributed by atoms with Gasteiger partial charge in [-0.05, 0) is 25.3 Å². The van der Waals surface area contributed by atoms with Crippen molar-refractivity contribution in [2.45, 2.75) is 25.3 Å². The van der Waals surface area contributed by atoms with Gasteiger partial charge in [0.15, 0.2) is 0 Å². The second-order valence-electron chi connectivity index (χ2n) is 4.09. The zero-order valence-corrected chi connectivity index (χ0v) is 8.44. The van der Waals surface area contributed by atoms with E-state index in [0.29, 0.717) is 0 Å². The van der Waals surface area contributed by atoms with Crippen LogP contribution in [0.25, 0.3) is 0 Å². The fourth-order valence-electron chi connectivity index (χ4n) is 2.44. The summed E-state index contributed by atoms with van der Waals surface area (Å²) in [7, 11) is 0. The lowest BCUT2D eigenvalue weighted by atomic mass is 9.98. The SMILES string of the molecule is O=C1Nc2cnccc2N2CCCCC12. The number of nitrogens with one attached hydrogen (secondary N) is 1. The zero-order valence-electron chi connectivity index (χ0n) is 8.44. The third-order valence-electron chi connectivity index (χ3n) is 3.17. The van der Waals surface area contributed by atoms with E-state index in [2.05, 4.69) is 15.2 Å². The van der Waals surface area contributed by atoms with Crippen LogP contribution in [-0.2, 0) is 4.79 Å². The minimum absolute atomic E-state index is 0.0358. The van der Waals surface area contributed by atoms with E-state index >= 15 is 0 Å². The molecule has 4 heteroatoms. The summed E-state index contributed by atoms with van der Waals surface area (Å²) in [5.41, 5.74) is 1.97. The summed E-state index contributed by atoms with van der Waals surface area (Å²) < 4.78 is 0. The molecule has 0 spiro atoms. The molecule has 1 amide bonds. The maximum Gasteiger partial charge on any atom is 0.247 e. The molecule has 4 nitrogen and oxygen atoms in total. The predicted octanol–water partition coefficient (Wildman–Crippen LogP) is 1.39. The number of anilines is 2. The Morgan fingerprint density at radius 2 is 2.40 bits per heavy atom. The molecule has 2 aliphatic rings. The lowest BCUT2D eigenvalue weighted by molar-refractivity contribution is -0.118. The molecule has 1 saturated heterocycles. The zero-order chi connectivity index (χ0) is 10.3. The van der Waals surface area contributed by atoms with Gasteiger partial charge < -0.3 is 10.2 Å². The van der Waals surface area contributed by atoms with Crippen molar-refractivity contribution < 1.29 is 4.79 Å². The molecule has 0 aromatic carbocycles. The van der Waals surface area contributed by atoms with Gasteiger partial charge in [0.25, 0.3) is 0 Å². The maximum absolute atomic E-state index is 11.8. The monoisotopic (exact) mass is 203 g/mol. The molecule has 0 radical (unpaired) electrons. The molecule has 0 aliphatic carbocycles. The third kappa shape index (κ3) is 1.28. The van der Waals surface area contributed by atoms with Gasteiger partial charge in [-0.3, -0.25) is 9.78 Å². The van der Waals surface area contributed by atoms with Gasteiger partial charge in [-0.2, -0.15) is 0 Å². The molecule has 1 aromatic heterocycles. The summed E-state index contributed by atoms with van der Waals surface area (Å²) in [6.07, 6.45) is 6.79. The van der Waals surface area contributed by atoms with Gasteiger partial charge in [0, 0.05) is 12.7 Å². The van der Waals surface area contributed by atoms with Crippen LogP contribution in [0.15, 0.2) is 18.5 Å². The van der Waals surface area contributed by atoms with E-state index in [1.165, 1.54) is 6.42 Å². The molecular weight excluding hydrogens is 190 g/mol. The average molecular weight is 203 g/mol. The van der Waals surface area contributed by atoms with Gasteiger partial charge in [-0.25, -0.2) is 0 Å². The molecule has 1 aromatic rings. The number of piperidine rings is 1. The first-order valence-corrected chi connectivity index (χ1v) is 5.38. The molecule has 1 N–H and O–H groups in total. The average Bonchev–Trinajstić information content (AvgIpc) is 2.30. The smallest absolute Gasteiger partial charge is 0.247 e. The topological polar surface area (TPSA) is 45.2 Å². The van der Waals surface area contributed by atoms with E-state index in [0.717, 1.165) is 30.8 Å². The number of pyridine rings is 1. The fraction of sp³-hybridized carbons (Fsp3) is 0.455. The predicted molar refractivity (Wildman–Crippen MR) is 57.9 cm³/mol. The van der Waals surface area contributed by atoms with E-state index in [1.807, 2.05) is 6.07 Å². The molecule has 0 bridgehead atoms. The van der Waals surface area contributed by atoms with Crippen molar-refractivity contribution in [1.29, 1.82) is 0 Å². The first kappa shape index (κ1) is 8.71. The number of carbonyl (C=O) groups excluding carboxylic acids is 1. The normalized spacial score (nSPS) is 24.1. The number of rotatable bonds is 0. The van der Waals surface area contributed by atoms with Crippen LogP contribution in [0, 0.1) is 0 Å². The van der Waals surface area contributed by atoms with Crippen molar-refractivity contribution >= 4 is 17.3 Å². The van der Waals surface area contributed by atoms with E-state index in [1.54, 1.807) is 12.4 Å². The van der Waals surface area contributed by atoms with Gasteiger partial charge in [0.05, 0.1) is 17.6 Å². The molecule has 3 heterocycles. The highest BCUT2D eigenvalue weighted by molar-refractivity contribution is 6.03. The number of carbonyl (C=O) groups is 1. The van der Waals surface area contributed by atoms with Crippen LogP contribution < -0.4 is 10.2 Å². The van der Waals surface area contributed by atoms with Gasteiger partial charge in [-0.15, -0.1) is 0 Å². The molecular formula is C11H13N3O. The lowest BCUT2D eigenvalue weighted by Gasteiger charge is -2.40. The maximum atomic E-state index is 11.8. The van der Waals surface area contributed by atoms with Gasteiger partial charge in [0.2, 0.25) is 5.91 Å². The summed E-state index contributed by atoms with van der Waals surface area (Å²) >= 11 is 0. The van der Waals surface area contributed by atoms with Gasteiger partial charge in [0.1, 0.15) is 6.04 Å². The van der Waals surface area contributed by atoms with Crippen LogP contribution in [-0.4, -0.2) is 23.5 Å². The Hall–Kier alpha value is -1.58. The van der Waals surface area contributed by atoms with Crippen LogP contribution in [0.1, 0.15) is 19.3 Å². The number of fused-ring (bicyclic) bond motifs is 3. The summed E-state index contributed by atoms with van der Waals surface area (Å²) in [6.45, 7) is 0.981. The largest absolute Gasteiger partial charge is 0.358 e. The van der Waals surface area contributed by atoms with Gasteiger partial charge >= 0.3 is 0 Å². The van der Waals surface area contributed by atoms with Crippen LogP contribution in [0.5, 0.6) is 0 Å². The quantitative estimate of drug-likeness (QED) is 0.693. The Morgan fingerprint density at radius 3 is 3.33 bits per heavy atom. The Bertz CT molecular complexity index is 405. The third-order valence-corrected chi connectivity index (χ3v) is 3.17. The van der Waals surface area contributed by atoms with Crippen molar-refractivity contribution in [3.05, 3.63) is 18.5 Å². The number of hydrogen-bond donors (Lipinski definition) is 1. The molecule has 2 aliphatic heterocycles. The summed E-state index contributed by atoms with van der Waals surface area (Å²) in [5.74, 6) is 0.121. The van der Waals surface area contributed by atoms with Crippen LogP contribution >= 0.6 is 0 Å². The molecule has 1 fully saturated rings. The second kappa shape index (κ2) is 3.22. The summed E-state index contributed by atoms with van der Waals surface area (Å²) in [4.78, 5) is 18.0. The van der Waals surface area contributed by atoms with Crippen LogP contribution in [0.2, 0.25) is 0 Å². The molecule has 15 heavy (non-hydrogen) atoms. The number of nitrogens with zero attached hydrogens (tertiary/aromatic N) is 2. The van der Waals surface area contributed by atoms with Crippen molar-refractivity contribution in [1.82, 2.24) is 4.98 Å². The highest BCUT2D eigenvalue weighted by Crippen LogP contribution is 2.34. The van der Waals surface area contributed by atoms with Gasteiger partial charge in [-0.1, -0.05) is 0 Å². The fourth-order valence-corrected chi connectivity index (χ4v) is 2.44. The Balaban J connectivity index is 2.06. The van der Waals surface area contributed by atoms with E-state index in [4.69, 9.17) is 0 Å². The minimum Gasteiger partial charge on any atom is -0.358 e. The molecule has 0 saturated carbocycles. The van der Waals surface area contributed by atoms with Crippen molar-refractivity contribution in [3.8, 4) is 0 Å². The van der Waals surface area contributed by atoms with E-state index in [9.17, 15) is 4.79 Å². The summed E-state index contributed by atoms with van der Waals surface area (Å²) in [5, 5.41) is 2.92. The molecule has 78 valence electrons. The number of amides is 1. The standard InChI is InChI=1S/C11H13N3O/c15-11-10-3-1-2-6-14(10)9-4-5-12-7-8(9)13-11/h4-5,7,10H,1-3,6H2,(H,13,15). The highest BCUT2D eigenvalue weighted by Gasteiger charge is 2.34. The van der Waals surface area contributed by atoms with Crippen molar-refractivity contribution in [3.63, 3.8) is 0 Å². The Kier molecular flexibility index (Phi) is 1.87. The second-order valence-corrected chi connectivity index (χ2v) is 4.09. The van der Waals surface area contributed by atoms with E-state index < -0.39 is 0 Å². The van der Waals surface area contributed by atoms with Crippen LogP contribution in [0.3, 0.4) is 0 Å². The first-order chi connectivity index (χ1) is 7.36. The Labute approximate surface area is 88.3 Å². The number of hydrogen-bond acceptors (Lipinski definition) is 3. The highest BCUT2D eigenvalue weighted by atomic mass is 16.2. The van der Waals surface area contributed by atoms with Crippen molar-refractivity contribution in [2.24, 2.45) is 0 Å². The Morgan fingerprint density at radius 1 is 1.47 bits per heavy atom. The van der Waals surface area contributed by atoms with Crippen LogP contribution in [0.4, 0.5) is 11.4 Å². The minimum atomic E-state index is 0.0358. The molecule has 1 atom stereocenters. The van der Waals surface area contributed by atoms with E-state index in [-0.39, 0.29) is 11.9 Å². The van der Waals surface area contributed by atoms with Crippen molar-refractivity contribution in [2.75, 3.05) is 16.8 Å².